The fourth-order valence-electron chi connectivity index (χ4n) is 6.57. The summed E-state index contributed by atoms with van der Waals surface area (Å²) in [6.07, 6.45) is -2.68. The third-order valence-electron chi connectivity index (χ3n) is 9.14. The molecule has 0 aromatic heterocycles. The molecule has 0 spiro atoms. The number of Topliss-reactive ketones (excluding diaryl/α,β-unsaturated/α-hetero) is 1. The molecule has 2 aliphatic heterocycles. The Labute approximate surface area is 257 Å². The number of nitrogens with zero attached hydrogens (tertiary/aromatic N) is 1. The molecule has 11 nitrogen and oxygen atoms in total. The number of esters is 2. The largest absolute Gasteiger partial charge is 0.459 e. The Morgan fingerprint density at radius 2 is 1.77 bits per heavy atom. The first-order chi connectivity index (χ1) is 19.8. The van der Waals surface area contributed by atoms with Crippen molar-refractivity contribution in [2.75, 3.05) is 21.2 Å². The van der Waals surface area contributed by atoms with Crippen molar-refractivity contribution in [2.24, 2.45) is 17.8 Å². The molecule has 43 heavy (non-hydrogen) atoms. The van der Waals surface area contributed by atoms with Crippen molar-refractivity contribution in [3.8, 4) is 0 Å². The van der Waals surface area contributed by atoms with Crippen LogP contribution in [0, 0.1) is 17.8 Å². The monoisotopic (exact) mass is 613 g/mol. The van der Waals surface area contributed by atoms with Gasteiger partial charge in [-0.3, -0.25) is 14.4 Å². The normalized spacial score (nSPS) is 43.4. The number of hydrogen-bond donors (Lipinski definition) is 2. The first-order valence-electron chi connectivity index (χ1n) is 15.3. The molecule has 0 unspecified atom stereocenters. The Bertz CT molecular complexity index is 1010. The third-order valence-corrected chi connectivity index (χ3v) is 9.14. The Hall–Kier alpha value is -1.89. The zero-order valence-electron chi connectivity index (χ0n) is 28.1. The molecule has 1 saturated heterocycles. The minimum Gasteiger partial charge on any atom is -0.459 e. The molecule has 1 fully saturated rings. The SMILES string of the molecule is CC[C@H]1OC(=O)[C@H](C)[C@@H](O)[C@@H](C)[C@@H](O[C@@H]2O[C@H](C)C[C@H](N(C)C)[C@H]2OC(C)=O)[C@](C)(OC)C[C@@H](C)C(=O)/C(C)=C/[C@]1(C)O. The van der Waals surface area contributed by atoms with E-state index in [0.29, 0.717) is 18.4 Å². The van der Waals surface area contributed by atoms with Gasteiger partial charge in [0.25, 0.3) is 0 Å². The van der Waals surface area contributed by atoms with Gasteiger partial charge in [0.2, 0.25) is 0 Å². The van der Waals surface area contributed by atoms with Gasteiger partial charge in [0, 0.05) is 25.9 Å². The molecule has 12 atom stereocenters. The molecule has 0 aromatic carbocycles. The van der Waals surface area contributed by atoms with Crippen LogP contribution in [-0.4, -0.2) is 108 Å². The molecular weight excluding hydrogens is 558 g/mol. The van der Waals surface area contributed by atoms with E-state index in [4.69, 9.17) is 23.7 Å². The lowest BCUT2D eigenvalue weighted by Gasteiger charge is -2.48. The summed E-state index contributed by atoms with van der Waals surface area (Å²) in [5.74, 6) is -3.71. The van der Waals surface area contributed by atoms with E-state index in [9.17, 15) is 24.6 Å². The van der Waals surface area contributed by atoms with Crippen LogP contribution in [0.2, 0.25) is 0 Å². The molecule has 248 valence electrons. The molecule has 2 heterocycles. The molecule has 11 heteroatoms. The predicted octanol–water partition coefficient (Wildman–Crippen LogP) is 3.03. The standard InChI is InChI=1S/C32H55NO10/c1-13-24-31(8,38)15-17(2)25(35)18(3)16-32(9,39-12)28(20(5)26(36)21(6)29(37)42-24)43-30-27(41-22(7)34)23(33(10)11)14-19(4)40-30/h15,18-21,23-24,26-28,30,36,38H,13-14,16H2,1-12H3/b17-15+/t18-,19-,20-,21-,23+,24-,26+,27-,28-,30+,31+,32-/m1/s1. The van der Waals surface area contributed by atoms with E-state index >= 15 is 0 Å². The number of aliphatic hydroxyl groups is 2. The minimum absolute atomic E-state index is 0.186. The number of hydrogen-bond acceptors (Lipinski definition) is 11. The van der Waals surface area contributed by atoms with E-state index in [-0.39, 0.29) is 24.3 Å². The van der Waals surface area contributed by atoms with Gasteiger partial charge < -0.3 is 38.8 Å². The summed E-state index contributed by atoms with van der Waals surface area (Å²) < 4.78 is 30.4. The van der Waals surface area contributed by atoms with Crippen molar-refractivity contribution < 1.29 is 48.3 Å². The highest BCUT2D eigenvalue weighted by Crippen LogP contribution is 2.38. The molecule has 2 aliphatic rings. The highest BCUT2D eigenvalue weighted by atomic mass is 16.7. The quantitative estimate of drug-likeness (QED) is 0.427. The summed E-state index contributed by atoms with van der Waals surface area (Å²) in [5, 5.41) is 22.8. The summed E-state index contributed by atoms with van der Waals surface area (Å²) in [6.45, 7) is 15.0. The second kappa shape index (κ2) is 14.9. The van der Waals surface area contributed by atoms with E-state index in [2.05, 4.69) is 0 Å². The maximum Gasteiger partial charge on any atom is 0.311 e. The number of aliphatic hydroxyl groups excluding tert-OH is 1. The maximum absolute atomic E-state index is 13.6. The first kappa shape index (κ1) is 37.3. The molecule has 0 bridgehead atoms. The predicted molar refractivity (Wildman–Crippen MR) is 160 cm³/mol. The van der Waals surface area contributed by atoms with Crippen LogP contribution in [0.25, 0.3) is 0 Å². The number of ether oxygens (including phenoxy) is 5. The summed E-state index contributed by atoms with van der Waals surface area (Å²) >= 11 is 0. The van der Waals surface area contributed by atoms with Crippen LogP contribution in [0.3, 0.4) is 0 Å². The third kappa shape index (κ3) is 8.85. The van der Waals surface area contributed by atoms with Crippen molar-refractivity contribution in [3.63, 3.8) is 0 Å². The van der Waals surface area contributed by atoms with Crippen molar-refractivity contribution in [1.29, 1.82) is 0 Å². The Kier molecular flexibility index (Phi) is 12.9. The van der Waals surface area contributed by atoms with Gasteiger partial charge in [-0.2, -0.15) is 0 Å². The van der Waals surface area contributed by atoms with Gasteiger partial charge in [-0.05, 0) is 79.6 Å². The summed E-state index contributed by atoms with van der Waals surface area (Å²) in [6, 6.07) is -0.217. The number of carbonyl (C=O) groups is 3. The molecule has 2 N–H and O–H groups in total. The van der Waals surface area contributed by atoms with Crippen LogP contribution in [0.4, 0.5) is 0 Å². The average Bonchev–Trinajstić information content (AvgIpc) is 2.92. The number of ketones is 1. The molecular formula is C32H55NO10. The first-order valence-corrected chi connectivity index (χ1v) is 15.3. The molecule has 0 aromatic rings. The van der Waals surface area contributed by atoms with Crippen LogP contribution in [-0.2, 0) is 38.1 Å². The molecule has 0 amide bonds. The van der Waals surface area contributed by atoms with Gasteiger partial charge in [0.1, 0.15) is 11.7 Å². The minimum atomic E-state index is -1.61. The molecule has 0 aliphatic carbocycles. The topological polar surface area (TPSA) is 141 Å². The van der Waals surface area contributed by atoms with Crippen molar-refractivity contribution >= 4 is 17.7 Å². The van der Waals surface area contributed by atoms with Crippen LogP contribution in [0.1, 0.15) is 81.6 Å². The second-order valence-electron chi connectivity index (χ2n) is 13.2. The van der Waals surface area contributed by atoms with Crippen LogP contribution < -0.4 is 0 Å². The van der Waals surface area contributed by atoms with E-state index < -0.39 is 71.6 Å². The lowest BCUT2D eigenvalue weighted by atomic mass is 9.76. The van der Waals surface area contributed by atoms with Crippen LogP contribution >= 0.6 is 0 Å². The Morgan fingerprint density at radius 3 is 2.28 bits per heavy atom. The number of carbonyl (C=O) groups excluding carboxylic acids is 3. The number of allylic oxidation sites excluding steroid dienone is 1. The van der Waals surface area contributed by atoms with Crippen LogP contribution in [0.5, 0.6) is 0 Å². The number of likely N-dealkylation sites (N-methyl/N-ethyl adjacent to an activating group) is 1. The summed E-state index contributed by atoms with van der Waals surface area (Å²) in [7, 11) is 5.28. The highest BCUT2D eigenvalue weighted by molar-refractivity contribution is 5.96. The second-order valence-corrected chi connectivity index (χ2v) is 13.2. The van der Waals surface area contributed by atoms with Gasteiger partial charge in [-0.15, -0.1) is 0 Å². The lowest BCUT2D eigenvalue weighted by Crippen LogP contribution is -2.60. The van der Waals surface area contributed by atoms with Gasteiger partial charge in [-0.1, -0.05) is 20.8 Å². The van der Waals surface area contributed by atoms with Crippen LogP contribution in [0.15, 0.2) is 11.6 Å². The fraction of sp³-hybridized carbons (Fsp3) is 0.844. The van der Waals surface area contributed by atoms with Gasteiger partial charge in [-0.25, -0.2) is 0 Å². The molecule has 0 radical (unpaired) electrons. The van der Waals surface area contributed by atoms with Gasteiger partial charge >= 0.3 is 11.9 Å². The number of rotatable bonds is 6. The maximum atomic E-state index is 13.6. The Balaban J connectivity index is 2.67. The van der Waals surface area contributed by atoms with E-state index in [1.807, 2.05) is 25.9 Å². The summed E-state index contributed by atoms with van der Waals surface area (Å²) in [4.78, 5) is 41.0. The van der Waals surface area contributed by atoms with Crippen molar-refractivity contribution in [1.82, 2.24) is 4.90 Å². The highest BCUT2D eigenvalue weighted by Gasteiger charge is 2.50. The van der Waals surface area contributed by atoms with E-state index in [0.717, 1.165) is 0 Å². The molecule has 0 saturated carbocycles. The zero-order valence-corrected chi connectivity index (χ0v) is 28.1. The molecule has 2 rings (SSSR count). The Morgan fingerprint density at radius 1 is 1.16 bits per heavy atom. The smallest absolute Gasteiger partial charge is 0.311 e. The number of cyclic esters (lactones) is 1. The van der Waals surface area contributed by atoms with E-state index in [1.54, 1.807) is 41.5 Å². The van der Waals surface area contributed by atoms with Crippen molar-refractivity contribution in [3.05, 3.63) is 11.6 Å². The van der Waals surface area contributed by atoms with Gasteiger partial charge in [0.05, 0.1) is 35.9 Å². The lowest BCUT2D eigenvalue weighted by molar-refractivity contribution is -0.303. The van der Waals surface area contributed by atoms with E-state index in [1.165, 1.54) is 27.0 Å². The van der Waals surface area contributed by atoms with Gasteiger partial charge in [0.15, 0.2) is 18.2 Å². The number of methoxy groups -OCH3 is 1. The van der Waals surface area contributed by atoms with Crippen molar-refractivity contribution in [2.45, 2.75) is 136 Å². The average molecular weight is 614 g/mol. The zero-order chi connectivity index (χ0) is 33.0. The fourth-order valence-corrected chi connectivity index (χ4v) is 6.57. The summed E-state index contributed by atoms with van der Waals surface area (Å²) in [5.41, 5.74) is -2.45.